The smallest absolute Gasteiger partial charge is 0.327 e. The van der Waals surface area contributed by atoms with E-state index in [1.807, 2.05) is 36.4 Å². The molecule has 75 valence electrons. The summed E-state index contributed by atoms with van der Waals surface area (Å²) in [5, 5.41) is 13.9. The van der Waals surface area contributed by atoms with Crippen LogP contribution < -0.4 is 5.46 Å². The van der Waals surface area contributed by atoms with Gasteiger partial charge in [0.2, 0.25) is 0 Å². The normalized spacial score (nSPS) is 10.8. The molecule has 0 spiro atoms. The maximum atomic E-state index is 9.27. The molecule has 0 heterocycles. The van der Waals surface area contributed by atoms with E-state index in [2.05, 4.69) is 18.2 Å². The third kappa shape index (κ3) is 1.31. The van der Waals surface area contributed by atoms with Gasteiger partial charge in [0.15, 0.2) is 0 Å². The van der Waals surface area contributed by atoms with Crippen LogP contribution in [0.2, 0.25) is 0 Å². The Hall–Kier alpha value is -1.80. The van der Waals surface area contributed by atoms with Gasteiger partial charge in [0.05, 0.1) is 0 Å². The topological polar surface area (TPSA) is 20.2 Å². The van der Waals surface area contributed by atoms with Crippen molar-refractivity contribution in [3.63, 3.8) is 0 Å². The molecule has 0 saturated heterocycles. The molecule has 1 radical (unpaired) electrons. The fourth-order valence-corrected chi connectivity index (χ4v) is 2.19. The molecule has 0 bridgehead atoms. The van der Waals surface area contributed by atoms with Gasteiger partial charge in [0.25, 0.3) is 0 Å². The molecule has 0 atom stereocenters. The van der Waals surface area contributed by atoms with Crippen molar-refractivity contribution in [2.24, 2.45) is 0 Å². The minimum atomic E-state index is 0.870. The Morgan fingerprint density at radius 3 is 2.12 bits per heavy atom. The van der Waals surface area contributed by atoms with E-state index in [1.165, 1.54) is 18.3 Å². The Bertz CT molecular complexity index is 661. The molecule has 0 fully saturated rings. The van der Waals surface area contributed by atoms with Crippen LogP contribution in [0.3, 0.4) is 0 Å². The zero-order valence-electron chi connectivity index (χ0n) is 8.72. The molecule has 16 heavy (non-hydrogen) atoms. The molecule has 0 amide bonds. The van der Waals surface area contributed by atoms with Gasteiger partial charge in [0, 0.05) is 0 Å². The summed E-state index contributed by atoms with van der Waals surface area (Å²) < 4.78 is 0. The number of benzene rings is 3. The second-order valence-electron chi connectivity index (χ2n) is 3.86. The zero-order valence-corrected chi connectivity index (χ0v) is 8.72. The summed E-state index contributed by atoms with van der Waals surface area (Å²) in [6.07, 6.45) is 0. The lowest BCUT2D eigenvalue weighted by Gasteiger charge is -2.07. The zero-order chi connectivity index (χ0) is 11.0. The van der Waals surface area contributed by atoms with Crippen LogP contribution in [0.25, 0.3) is 21.5 Å². The maximum Gasteiger partial charge on any atom is 0.327 e. The minimum absolute atomic E-state index is 0.870. The van der Waals surface area contributed by atoms with Gasteiger partial charge >= 0.3 is 7.48 Å². The fourth-order valence-electron chi connectivity index (χ4n) is 2.19. The number of rotatable bonds is 1. The van der Waals surface area contributed by atoms with E-state index < -0.39 is 0 Å². The molecule has 0 aliphatic rings. The molecule has 3 aromatic carbocycles. The first-order valence-corrected chi connectivity index (χ1v) is 5.28. The first-order chi connectivity index (χ1) is 7.90. The summed E-state index contributed by atoms with van der Waals surface area (Å²) in [4.78, 5) is 0. The Labute approximate surface area is 94.6 Å². The van der Waals surface area contributed by atoms with Gasteiger partial charge in [-0.3, -0.25) is 0 Å². The van der Waals surface area contributed by atoms with Crippen LogP contribution in [0.15, 0.2) is 54.6 Å². The van der Waals surface area contributed by atoms with Crippen molar-refractivity contribution < 1.29 is 5.02 Å². The van der Waals surface area contributed by atoms with Crippen molar-refractivity contribution in [2.75, 3.05) is 0 Å². The van der Waals surface area contributed by atoms with Crippen LogP contribution in [0.5, 0.6) is 0 Å². The lowest BCUT2D eigenvalue weighted by atomic mass is 9.82. The van der Waals surface area contributed by atoms with Gasteiger partial charge in [-0.2, -0.15) is 0 Å². The van der Waals surface area contributed by atoms with Crippen molar-refractivity contribution in [2.45, 2.75) is 0 Å². The molecular weight excluding hydrogens is 195 g/mol. The summed E-state index contributed by atoms with van der Waals surface area (Å²) in [5.41, 5.74) is 0.870. The van der Waals surface area contributed by atoms with Crippen molar-refractivity contribution >= 4 is 34.5 Å². The van der Waals surface area contributed by atoms with Crippen LogP contribution in [-0.4, -0.2) is 12.5 Å². The molecular formula is C14H10BO. The highest BCUT2D eigenvalue weighted by molar-refractivity contribution is 6.51. The molecule has 3 aromatic rings. The van der Waals surface area contributed by atoms with Crippen LogP contribution in [0, 0.1) is 0 Å². The Kier molecular flexibility index (Phi) is 2.15. The lowest BCUT2D eigenvalue weighted by Crippen LogP contribution is -2.14. The molecule has 0 aliphatic heterocycles. The summed E-state index contributed by atoms with van der Waals surface area (Å²) in [6.45, 7) is 0. The third-order valence-corrected chi connectivity index (χ3v) is 2.94. The Morgan fingerprint density at radius 1 is 0.750 bits per heavy atom. The molecule has 1 nitrogen and oxygen atoms in total. The van der Waals surface area contributed by atoms with Gasteiger partial charge in [-0.15, -0.1) is 0 Å². The summed E-state index contributed by atoms with van der Waals surface area (Å²) in [7, 11) is 1.18. The van der Waals surface area contributed by atoms with E-state index >= 15 is 0 Å². The predicted octanol–water partition coefficient (Wildman–Crippen LogP) is 2.23. The van der Waals surface area contributed by atoms with Gasteiger partial charge in [-0.05, 0) is 27.0 Å². The predicted molar refractivity (Wildman–Crippen MR) is 69.1 cm³/mol. The van der Waals surface area contributed by atoms with E-state index in [0.717, 1.165) is 16.2 Å². The summed E-state index contributed by atoms with van der Waals surface area (Å²) >= 11 is 0. The van der Waals surface area contributed by atoms with Crippen molar-refractivity contribution in [3.05, 3.63) is 54.6 Å². The molecule has 1 N–H and O–H groups in total. The molecule has 0 unspecified atom stereocenters. The first-order valence-electron chi connectivity index (χ1n) is 5.28. The minimum Gasteiger partial charge on any atom is -0.450 e. The number of hydrogen-bond acceptors (Lipinski definition) is 1. The number of hydrogen-bond donors (Lipinski definition) is 1. The first kappa shape index (κ1) is 9.43. The molecule has 0 aliphatic carbocycles. The lowest BCUT2D eigenvalue weighted by molar-refractivity contribution is 0.616. The van der Waals surface area contributed by atoms with Crippen molar-refractivity contribution in [1.29, 1.82) is 0 Å². The van der Waals surface area contributed by atoms with Crippen molar-refractivity contribution in [3.8, 4) is 0 Å². The quantitative estimate of drug-likeness (QED) is 0.477. The van der Waals surface area contributed by atoms with Crippen LogP contribution in [-0.2, 0) is 0 Å². The van der Waals surface area contributed by atoms with Crippen LogP contribution in [0.4, 0.5) is 0 Å². The van der Waals surface area contributed by atoms with Crippen molar-refractivity contribution in [1.82, 2.24) is 0 Å². The van der Waals surface area contributed by atoms with Gasteiger partial charge in [0.1, 0.15) is 0 Å². The molecule has 2 heteroatoms. The fraction of sp³-hybridized carbons (Fsp3) is 0. The molecule has 3 rings (SSSR count). The molecule has 0 saturated carbocycles. The van der Waals surface area contributed by atoms with E-state index in [9.17, 15) is 5.02 Å². The average molecular weight is 205 g/mol. The average Bonchev–Trinajstić information content (AvgIpc) is 2.38. The van der Waals surface area contributed by atoms with Crippen LogP contribution in [0.1, 0.15) is 0 Å². The highest BCUT2D eigenvalue weighted by Crippen LogP contribution is 2.23. The van der Waals surface area contributed by atoms with Gasteiger partial charge in [-0.1, -0.05) is 54.6 Å². The van der Waals surface area contributed by atoms with E-state index in [4.69, 9.17) is 0 Å². The maximum absolute atomic E-state index is 9.27. The summed E-state index contributed by atoms with van der Waals surface area (Å²) in [5.74, 6) is 0. The van der Waals surface area contributed by atoms with Gasteiger partial charge in [-0.25, -0.2) is 0 Å². The highest BCUT2D eigenvalue weighted by Gasteiger charge is 2.05. The van der Waals surface area contributed by atoms with E-state index in [0.29, 0.717) is 0 Å². The van der Waals surface area contributed by atoms with E-state index in [-0.39, 0.29) is 0 Å². The third-order valence-electron chi connectivity index (χ3n) is 2.94. The Morgan fingerprint density at radius 2 is 1.38 bits per heavy atom. The number of fused-ring (bicyclic) bond motifs is 3. The second-order valence-corrected chi connectivity index (χ2v) is 3.86. The summed E-state index contributed by atoms with van der Waals surface area (Å²) in [6, 6.07) is 18.4. The molecule has 0 aromatic heterocycles. The highest BCUT2D eigenvalue weighted by atomic mass is 16.2. The van der Waals surface area contributed by atoms with Gasteiger partial charge < -0.3 is 5.02 Å². The van der Waals surface area contributed by atoms with E-state index in [1.54, 1.807) is 0 Å². The standard InChI is InChI=1S/C14H10BO/c16-15-14-9-10-5-1-2-6-11(10)12-7-3-4-8-13(12)14/h1-9,16H. The van der Waals surface area contributed by atoms with Crippen LogP contribution >= 0.6 is 0 Å². The largest absolute Gasteiger partial charge is 0.450 e. The monoisotopic (exact) mass is 205 g/mol. The second kappa shape index (κ2) is 3.65. The Balaban J connectivity index is 2.57. The SMILES string of the molecule is O[B]c1cc2ccccc2c2ccccc12.